The van der Waals surface area contributed by atoms with Gasteiger partial charge in [-0.25, -0.2) is 0 Å². The number of likely N-dealkylation sites (tertiary alicyclic amines) is 1. The summed E-state index contributed by atoms with van der Waals surface area (Å²) in [6.45, 7) is 3.92. The number of nitrogens with zero attached hydrogens (tertiary/aromatic N) is 1. The smallest absolute Gasteiger partial charge is 0.222 e. The molecule has 2 N–H and O–H groups in total. The van der Waals surface area contributed by atoms with E-state index in [9.17, 15) is 4.79 Å². The van der Waals surface area contributed by atoms with Gasteiger partial charge in [-0.1, -0.05) is 12.8 Å². The van der Waals surface area contributed by atoms with Crippen LogP contribution in [0.1, 0.15) is 58.3 Å². The second-order valence-corrected chi connectivity index (χ2v) is 4.88. The fourth-order valence-electron chi connectivity index (χ4n) is 2.39. The zero-order valence-electron chi connectivity index (χ0n) is 11.0. The van der Waals surface area contributed by atoms with Crippen LogP contribution in [0.3, 0.4) is 0 Å². The Bertz CT molecular complexity index is 212. The number of nitrogens with two attached hydrogens (primary N) is 1. The molecule has 1 unspecified atom stereocenters. The molecule has 1 fully saturated rings. The SMILES string of the molecule is CC1CCCCN1C(=O)CCCCCCN.Cl. The summed E-state index contributed by atoms with van der Waals surface area (Å²) in [6, 6.07) is 0.463. The second-order valence-electron chi connectivity index (χ2n) is 4.88. The first-order chi connectivity index (χ1) is 7.75. The Kier molecular flexibility index (Phi) is 9.56. The van der Waals surface area contributed by atoms with Crippen molar-refractivity contribution in [3.63, 3.8) is 0 Å². The molecular formula is C13H27ClN2O. The van der Waals surface area contributed by atoms with Gasteiger partial charge in [0.15, 0.2) is 0 Å². The molecule has 0 bridgehead atoms. The maximum Gasteiger partial charge on any atom is 0.222 e. The van der Waals surface area contributed by atoms with Crippen molar-refractivity contribution < 1.29 is 4.79 Å². The minimum absolute atomic E-state index is 0. The van der Waals surface area contributed by atoms with Crippen molar-refractivity contribution in [1.82, 2.24) is 4.90 Å². The lowest BCUT2D eigenvalue weighted by molar-refractivity contribution is -0.134. The van der Waals surface area contributed by atoms with Crippen LogP contribution in [0, 0.1) is 0 Å². The van der Waals surface area contributed by atoms with Crippen LogP contribution in [0.15, 0.2) is 0 Å². The highest BCUT2D eigenvalue weighted by molar-refractivity contribution is 5.85. The summed E-state index contributed by atoms with van der Waals surface area (Å²) in [5.41, 5.74) is 5.43. The topological polar surface area (TPSA) is 46.3 Å². The van der Waals surface area contributed by atoms with E-state index in [2.05, 4.69) is 11.8 Å². The molecular weight excluding hydrogens is 236 g/mol. The number of hydrogen-bond donors (Lipinski definition) is 1. The number of unbranched alkanes of at least 4 members (excludes halogenated alkanes) is 3. The molecule has 1 aliphatic heterocycles. The van der Waals surface area contributed by atoms with Gasteiger partial charge in [0.2, 0.25) is 5.91 Å². The fourth-order valence-corrected chi connectivity index (χ4v) is 2.39. The minimum atomic E-state index is 0. The van der Waals surface area contributed by atoms with Crippen LogP contribution in [0.5, 0.6) is 0 Å². The van der Waals surface area contributed by atoms with E-state index >= 15 is 0 Å². The molecule has 102 valence electrons. The van der Waals surface area contributed by atoms with Gasteiger partial charge in [0, 0.05) is 19.0 Å². The second kappa shape index (κ2) is 9.72. The van der Waals surface area contributed by atoms with Gasteiger partial charge in [-0.05, 0) is 45.6 Å². The van der Waals surface area contributed by atoms with Crippen LogP contribution in [0.2, 0.25) is 0 Å². The predicted molar refractivity (Wildman–Crippen MR) is 74.4 cm³/mol. The Morgan fingerprint density at radius 3 is 2.59 bits per heavy atom. The van der Waals surface area contributed by atoms with Gasteiger partial charge < -0.3 is 10.6 Å². The number of piperidine rings is 1. The zero-order chi connectivity index (χ0) is 11.8. The van der Waals surface area contributed by atoms with Crippen molar-refractivity contribution in [3.8, 4) is 0 Å². The van der Waals surface area contributed by atoms with Crippen molar-refractivity contribution in [2.75, 3.05) is 13.1 Å². The Balaban J connectivity index is 0.00000256. The number of rotatable bonds is 6. The average molecular weight is 263 g/mol. The summed E-state index contributed by atoms with van der Waals surface area (Å²) in [6.07, 6.45) is 8.80. The largest absolute Gasteiger partial charge is 0.340 e. The summed E-state index contributed by atoms with van der Waals surface area (Å²) in [7, 11) is 0. The standard InChI is InChI=1S/C13H26N2O.ClH/c1-12-8-5-7-11-15(12)13(16)9-4-2-3-6-10-14;/h12H,2-11,14H2,1H3;1H. The van der Waals surface area contributed by atoms with Crippen LogP contribution in [-0.2, 0) is 4.79 Å². The van der Waals surface area contributed by atoms with Gasteiger partial charge in [0.1, 0.15) is 0 Å². The number of hydrogen-bond acceptors (Lipinski definition) is 2. The van der Waals surface area contributed by atoms with Crippen molar-refractivity contribution in [3.05, 3.63) is 0 Å². The molecule has 3 nitrogen and oxygen atoms in total. The van der Waals surface area contributed by atoms with E-state index in [0.29, 0.717) is 11.9 Å². The van der Waals surface area contributed by atoms with E-state index in [4.69, 9.17) is 5.73 Å². The Morgan fingerprint density at radius 2 is 1.94 bits per heavy atom. The van der Waals surface area contributed by atoms with Crippen LogP contribution in [-0.4, -0.2) is 29.9 Å². The zero-order valence-corrected chi connectivity index (χ0v) is 11.8. The quantitative estimate of drug-likeness (QED) is 0.748. The molecule has 1 saturated heterocycles. The molecule has 1 amide bonds. The number of halogens is 1. The van der Waals surface area contributed by atoms with Crippen LogP contribution in [0.25, 0.3) is 0 Å². The lowest BCUT2D eigenvalue weighted by atomic mass is 10.0. The highest BCUT2D eigenvalue weighted by Gasteiger charge is 2.22. The Hall–Kier alpha value is -0.280. The van der Waals surface area contributed by atoms with E-state index in [1.54, 1.807) is 0 Å². The molecule has 1 heterocycles. The predicted octanol–water partition coefficient (Wildman–Crippen LogP) is 2.72. The molecule has 0 aliphatic carbocycles. The summed E-state index contributed by atoms with van der Waals surface area (Å²) < 4.78 is 0. The summed E-state index contributed by atoms with van der Waals surface area (Å²) in [5.74, 6) is 0.361. The highest BCUT2D eigenvalue weighted by Crippen LogP contribution is 2.18. The van der Waals surface area contributed by atoms with Gasteiger partial charge in [-0.2, -0.15) is 0 Å². The molecule has 0 aromatic carbocycles. The van der Waals surface area contributed by atoms with E-state index in [-0.39, 0.29) is 12.4 Å². The van der Waals surface area contributed by atoms with Crippen molar-refractivity contribution in [2.45, 2.75) is 64.3 Å². The summed E-state index contributed by atoms with van der Waals surface area (Å²) in [4.78, 5) is 14.0. The number of carbonyl (C=O) groups excluding carboxylic acids is 1. The molecule has 1 atom stereocenters. The molecule has 1 aliphatic rings. The van der Waals surface area contributed by atoms with E-state index in [1.807, 2.05) is 0 Å². The Labute approximate surface area is 112 Å². The molecule has 0 spiro atoms. The van der Waals surface area contributed by atoms with Gasteiger partial charge >= 0.3 is 0 Å². The third-order valence-corrected chi connectivity index (χ3v) is 3.47. The average Bonchev–Trinajstić information content (AvgIpc) is 2.29. The molecule has 4 heteroatoms. The van der Waals surface area contributed by atoms with Gasteiger partial charge in [0.05, 0.1) is 0 Å². The molecule has 1 rings (SSSR count). The lowest BCUT2D eigenvalue weighted by Gasteiger charge is -2.33. The monoisotopic (exact) mass is 262 g/mol. The number of amides is 1. The number of carbonyl (C=O) groups is 1. The van der Waals surface area contributed by atoms with Crippen LogP contribution < -0.4 is 5.73 Å². The van der Waals surface area contributed by atoms with Crippen LogP contribution in [0.4, 0.5) is 0 Å². The fraction of sp³-hybridized carbons (Fsp3) is 0.923. The first-order valence-corrected chi connectivity index (χ1v) is 6.75. The minimum Gasteiger partial charge on any atom is -0.340 e. The first kappa shape index (κ1) is 16.7. The van der Waals surface area contributed by atoms with Gasteiger partial charge in [-0.3, -0.25) is 4.79 Å². The maximum atomic E-state index is 11.9. The van der Waals surface area contributed by atoms with Gasteiger partial charge in [-0.15, -0.1) is 12.4 Å². The third kappa shape index (κ3) is 6.27. The van der Waals surface area contributed by atoms with Crippen molar-refractivity contribution in [2.24, 2.45) is 5.73 Å². The highest BCUT2D eigenvalue weighted by atomic mass is 35.5. The molecule has 0 aromatic rings. The summed E-state index contributed by atoms with van der Waals surface area (Å²) in [5, 5.41) is 0. The van der Waals surface area contributed by atoms with E-state index in [1.165, 1.54) is 25.7 Å². The maximum absolute atomic E-state index is 11.9. The summed E-state index contributed by atoms with van der Waals surface area (Å²) >= 11 is 0. The van der Waals surface area contributed by atoms with Crippen LogP contribution >= 0.6 is 12.4 Å². The molecule has 0 radical (unpaired) electrons. The lowest BCUT2D eigenvalue weighted by Crippen LogP contribution is -2.41. The normalized spacial score (nSPS) is 19.9. The third-order valence-electron chi connectivity index (χ3n) is 3.47. The van der Waals surface area contributed by atoms with Crippen molar-refractivity contribution >= 4 is 18.3 Å². The first-order valence-electron chi connectivity index (χ1n) is 6.75. The van der Waals surface area contributed by atoms with Gasteiger partial charge in [0.25, 0.3) is 0 Å². The van der Waals surface area contributed by atoms with E-state index in [0.717, 1.165) is 38.8 Å². The molecule has 0 aromatic heterocycles. The molecule has 17 heavy (non-hydrogen) atoms. The van der Waals surface area contributed by atoms with E-state index < -0.39 is 0 Å². The molecule has 0 saturated carbocycles. The Morgan fingerprint density at radius 1 is 1.24 bits per heavy atom. The van der Waals surface area contributed by atoms with Crippen molar-refractivity contribution in [1.29, 1.82) is 0 Å².